The highest BCUT2D eigenvalue weighted by Crippen LogP contribution is 2.17. The van der Waals surface area contributed by atoms with Crippen molar-refractivity contribution in [3.63, 3.8) is 0 Å². The van der Waals surface area contributed by atoms with Gasteiger partial charge < -0.3 is 4.90 Å². The highest BCUT2D eigenvalue weighted by atomic mass is 19.1. The van der Waals surface area contributed by atoms with Crippen LogP contribution in [0, 0.1) is 11.8 Å². The molecule has 1 rings (SSSR count). The van der Waals surface area contributed by atoms with Crippen molar-refractivity contribution in [2.45, 2.75) is 20.3 Å². The van der Waals surface area contributed by atoms with Crippen LogP contribution >= 0.6 is 0 Å². The molecule has 0 aromatic heterocycles. The molecule has 0 aliphatic carbocycles. The number of likely N-dealkylation sites (tertiary alicyclic amines) is 1. The molecular weight excluding hydrogens is 141 g/mol. The monoisotopic (exact) mass is 158 g/mol. The summed E-state index contributed by atoms with van der Waals surface area (Å²) in [6, 6.07) is 0. The molecule has 1 heterocycles. The van der Waals surface area contributed by atoms with E-state index in [1.54, 1.807) is 0 Å². The van der Waals surface area contributed by atoms with Crippen LogP contribution in [0.15, 0.2) is 0 Å². The molecule has 65 valence electrons. The van der Waals surface area contributed by atoms with Gasteiger partial charge in [0.1, 0.15) is 0 Å². The number of nitrogens with zero attached hydrogens (tertiary/aromatic N) is 1. The van der Waals surface area contributed by atoms with Gasteiger partial charge in [0.25, 0.3) is 0 Å². The molecule has 0 N–H and O–H groups in total. The summed E-state index contributed by atoms with van der Waals surface area (Å²) in [7, 11) is 0. The second-order valence-corrected chi connectivity index (χ2v) is 3.75. The predicted molar refractivity (Wildman–Crippen MR) is 45.1 cm³/mol. The van der Waals surface area contributed by atoms with Crippen molar-refractivity contribution in [1.82, 2.24) is 4.90 Å². The van der Waals surface area contributed by atoms with E-state index in [-0.39, 0.29) is 6.67 Å². The first-order chi connectivity index (χ1) is 5.22. The first kappa shape index (κ1) is 8.98. The third-order valence-corrected chi connectivity index (χ3v) is 2.13. The summed E-state index contributed by atoms with van der Waals surface area (Å²) in [5, 5.41) is 0. The highest BCUT2D eigenvalue weighted by Gasteiger charge is 2.22. The molecule has 1 nitrogen and oxygen atoms in total. The third kappa shape index (κ3) is 2.78. The van der Waals surface area contributed by atoms with Gasteiger partial charge in [-0.3, -0.25) is 4.39 Å². The Kier molecular flexibility index (Phi) is 3.31. The number of hydrogen-bond donors (Lipinski definition) is 0. The van der Waals surface area contributed by atoms with Gasteiger partial charge in [0.15, 0.2) is 0 Å². The largest absolute Gasteiger partial charge is 0.302 e. The molecule has 1 aliphatic heterocycles. The average Bonchev–Trinajstić information content (AvgIpc) is 2.34. The lowest BCUT2D eigenvalue weighted by molar-refractivity contribution is 0.311. The summed E-state index contributed by atoms with van der Waals surface area (Å²) in [5.74, 6) is 1.74. The van der Waals surface area contributed by atoms with Crippen molar-refractivity contribution in [2.24, 2.45) is 5.92 Å². The zero-order valence-corrected chi connectivity index (χ0v) is 7.44. The molecule has 0 amide bonds. The lowest BCUT2D eigenvalue weighted by atomic mass is 10.1. The Labute approximate surface area is 68.6 Å². The molecule has 1 aliphatic rings. The van der Waals surface area contributed by atoms with E-state index in [9.17, 15) is 4.39 Å². The molecule has 1 fully saturated rings. The van der Waals surface area contributed by atoms with Gasteiger partial charge in [0.2, 0.25) is 0 Å². The van der Waals surface area contributed by atoms with Crippen LogP contribution in [0.4, 0.5) is 4.39 Å². The maximum absolute atomic E-state index is 12.2. The van der Waals surface area contributed by atoms with E-state index in [0.717, 1.165) is 26.1 Å². The van der Waals surface area contributed by atoms with Crippen molar-refractivity contribution < 1.29 is 4.39 Å². The predicted octanol–water partition coefficient (Wildman–Crippen LogP) is 1.89. The first-order valence-corrected chi connectivity index (χ1v) is 4.29. The van der Waals surface area contributed by atoms with Crippen LogP contribution in [0.2, 0.25) is 0 Å². The van der Waals surface area contributed by atoms with Crippen LogP contribution in [-0.2, 0) is 0 Å². The molecule has 0 spiro atoms. The van der Waals surface area contributed by atoms with Crippen molar-refractivity contribution in [3.8, 4) is 0 Å². The quantitative estimate of drug-likeness (QED) is 0.606. The van der Waals surface area contributed by atoms with E-state index in [1.165, 1.54) is 5.92 Å². The number of halogens is 1. The molecule has 1 radical (unpaired) electrons. The highest BCUT2D eigenvalue weighted by molar-refractivity contribution is 4.85. The van der Waals surface area contributed by atoms with Crippen molar-refractivity contribution in [3.05, 3.63) is 5.92 Å². The number of hydrogen-bond acceptors (Lipinski definition) is 1. The van der Waals surface area contributed by atoms with E-state index in [2.05, 4.69) is 18.7 Å². The first-order valence-electron chi connectivity index (χ1n) is 4.29. The Morgan fingerprint density at radius 1 is 1.55 bits per heavy atom. The normalized spacial score (nSPS) is 26.7. The zero-order chi connectivity index (χ0) is 8.27. The van der Waals surface area contributed by atoms with E-state index in [4.69, 9.17) is 0 Å². The van der Waals surface area contributed by atoms with Gasteiger partial charge in [0.05, 0.1) is 6.67 Å². The lowest BCUT2D eigenvalue weighted by Gasteiger charge is -2.16. The number of rotatable bonds is 3. The van der Waals surface area contributed by atoms with Gasteiger partial charge in [0, 0.05) is 19.0 Å². The van der Waals surface area contributed by atoms with Crippen LogP contribution in [-0.4, -0.2) is 31.2 Å². The minimum absolute atomic E-state index is 0.140. The van der Waals surface area contributed by atoms with Gasteiger partial charge in [-0.05, 0) is 18.9 Å². The van der Waals surface area contributed by atoms with Crippen LogP contribution in [0.1, 0.15) is 20.3 Å². The van der Waals surface area contributed by atoms with Gasteiger partial charge in [-0.1, -0.05) is 13.8 Å². The minimum Gasteiger partial charge on any atom is -0.302 e. The Morgan fingerprint density at radius 3 is 2.73 bits per heavy atom. The van der Waals surface area contributed by atoms with Crippen LogP contribution < -0.4 is 0 Å². The van der Waals surface area contributed by atoms with Gasteiger partial charge >= 0.3 is 0 Å². The van der Waals surface area contributed by atoms with Crippen LogP contribution in [0.25, 0.3) is 0 Å². The summed E-state index contributed by atoms with van der Waals surface area (Å²) in [4.78, 5) is 2.33. The van der Waals surface area contributed by atoms with E-state index >= 15 is 0 Å². The van der Waals surface area contributed by atoms with E-state index < -0.39 is 0 Å². The molecule has 0 saturated carbocycles. The fraction of sp³-hybridized carbons (Fsp3) is 0.889. The average molecular weight is 158 g/mol. The standard InChI is InChI=1S/C9H17FN/c1-8(2)6-11-4-3-9(5-10)7-11/h9H,3-7H2,1-2H3. The summed E-state index contributed by atoms with van der Waals surface area (Å²) >= 11 is 0. The van der Waals surface area contributed by atoms with Crippen molar-refractivity contribution in [1.29, 1.82) is 0 Å². The molecule has 2 heteroatoms. The molecule has 1 saturated heterocycles. The Bertz CT molecular complexity index is 114. The summed E-state index contributed by atoms with van der Waals surface area (Å²) in [5.41, 5.74) is 0. The summed E-state index contributed by atoms with van der Waals surface area (Å²) in [6.07, 6.45) is 1.05. The van der Waals surface area contributed by atoms with E-state index in [1.807, 2.05) is 0 Å². The zero-order valence-electron chi connectivity index (χ0n) is 7.44. The fourth-order valence-electron chi connectivity index (χ4n) is 1.63. The van der Waals surface area contributed by atoms with Crippen molar-refractivity contribution >= 4 is 0 Å². The second-order valence-electron chi connectivity index (χ2n) is 3.75. The maximum atomic E-state index is 12.2. The smallest absolute Gasteiger partial charge is 0.0935 e. The van der Waals surface area contributed by atoms with Gasteiger partial charge in [-0.25, -0.2) is 0 Å². The van der Waals surface area contributed by atoms with Gasteiger partial charge in [-0.2, -0.15) is 0 Å². The Hall–Kier alpha value is -0.110. The molecular formula is C9H17FN. The van der Waals surface area contributed by atoms with E-state index in [0.29, 0.717) is 5.92 Å². The SMILES string of the molecule is C[C](C)CN1CCC(CF)C1. The summed E-state index contributed by atoms with van der Waals surface area (Å²) in [6.45, 7) is 7.21. The fourth-order valence-corrected chi connectivity index (χ4v) is 1.63. The van der Waals surface area contributed by atoms with Crippen molar-refractivity contribution in [2.75, 3.05) is 26.3 Å². The van der Waals surface area contributed by atoms with Crippen LogP contribution in [0.5, 0.6) is 0 Å². The number of alkyl halides is 1. The molecule has 1 unspecified atom stereocenters. The summed E-state index contributed by atoms with van der Waals surface area (Å²) < 4.78 is 12.2. The maximum Gasteiger partial charge on any atom is 0.0935 e. The molecule has 0 aromatic carbocycles. The Morgan fingerprint density at radius 2 is 2.27 bits per heavy atom. The second kappa shape index (κ2) is 4.05. The molecule has 0 aromatic rings. The third-order valence-electron chi connectivity index (χ3n) is 2.13. The van der Waals surface area contributed by atoms with Gasteiger partial charge in [-0.15, -0.1) is 0 Å². The lowest BCUT2D eigenvalue weighted by Crippen LogP contribution is -2.24. The molecule has 1 atom stereocenters. The Balaban J connectivity index is 2.19. The van der Waals surface area contributed by atoms with Crippen LogP contribution in [0.3, 0.4) is 0 Å². The minimum atomic E-state index is -0.140. The molecule has 11 heavy (non-hydrogen) atoms. The topological polar surface area (TPSA) is 3.24 Å². The molecule has 0 bridgehead atoms.